The highest BCUT2D eigenvalue weighted by Gasteiger charge is 2.28. The minimum Gasteiger partial charge on any atom is -0.444 e. The quantitative estimate of drug-likeness (QED) is 0.0744. The maximum absolute atomic E-state index is 14.1. The highest BCUT2D eigenvalue weighted by Crippen LogP contribution is 2.21. The average molecular weight is 750 g/mol. The number of carbonyl (C=O) groups is 4. The number of aromatic nitrogens is 1. The van der Waals surface area contributed by atoms with Crippen LogP contribution in [0.1, 0.15) is 37.5 Å². The molecule has 12 heteroatoms. The Morgan fingerprint density at radius 3 is 2.02 bits per heavy atom. The molecule has 12 nitrogen and oxygen atoms in total. The van der Waals surface area contributed by atoms with Gasteiger partial charge in [-0.25, -0.2) is 4.79 Å². The topological polar surface area (TPSA) is 160 Å². The van der Waals surface area contributed by atoms with Crippen LogP contribution in [0.5, 0.6) is 0 Å². The Labute approximate surface area is 321 Å². The molecule has 290 valence electrons. The summed E-state index contributed by atoms with van der Waals surface area (Å²) in [7, 11) is 0. The average Bonchev–Trinajstić information content (AvgIpc) is 3.57. The van der Waals surface area contributed by atoms with Crippen molar-refractivity contribution in [1.29, 1.82) is 0 Å². The van der Waals surface area contributed by atoms with E-state index in [-0.39, 0.29) is 50.8 Å². The van der Waals surface area contributed by atoms with E-state index in [2.05, 4.69) is 26.3 Å². The number of hydrogen-bond donors (Lipinski definition) is 5. The SMILES string of the molecule is CC(C)(C)OC(=O)NCCOCCOCCNC(=O)C(Cc1c[nH]c2ccccc12)NC(=O)C(Cc1ccccc1)NC(=O)Cc1cccc2ccccc12. The third kappa shape index (κ3) is 13.0. The molecule has 4 amide bonds. The van der Waals surface area contributed by atoms with Gasteiger partial charge >= 0.3 is 6.09 Å². The van der Waals surface area contributed by atoms with Gasteiger partial charge in [-0.3, -0.25) is 14.4 Å². The molecule has 55 heavy (non-hydrogen) atoms. The highest BCUT2D eigenvalue weighted by atomic mass is 16.6. The molecule has 0 saturated carbocycles. The van der Waals surface area contributed by atoms with Gasteiger partial charge < -0.3 is 40.5 Å². The van der Waals surface area contributed by atoms with Gasteiger partial charge in [-0.1, -0.05) is 91.0 Å². The molecule has 1 aromatic heterocycles. The molecule has 5 rings (SSSR count). The molecular formula is C43H51N5O7. The maximum Gasteiger partial charge on any atom is 0.407 e. The molecule has 1 heterocycles. The van der Waals surface area contributed by atoms with Crippen molar-refractivity contribution in [2.75, 3.05) is 39.5 Å². The number of alkyl carbamates (subject to hydrolysis) is 1. The molecular weight excluding hydrogens is 699 g/mol. The minimum absolute atomic E-state index is 0.0905. The molecule has 0 radical (unpaired) electrons. The van der Waals surface area contributed by atoms with Gasteiger partial charge in [0.05, 0.1) is 32.8 Å². The molecule has 2 unspecified atom stereocenters. The lowest BCUT2D eigenvalue weighted by molar-refractivity contribution is -0.132. The van der Waals surface area contributed by atoms with Crippen LogP contribution < -0.4 is 21.3 Å². The number of fused-ring (bicyclic) bond motifs is 2. The summed E-state index contributed by atoms with van der Waals surface area (Å²) in [4.78, 5) is 56.3. The van der Waals surface area contributed by atoms with Crippen molar-refractivity contribution < 1.29 is 33.4 Å². The minimum atomic E-state index is -0.944. The van der Waals surface area contributed by atoms with E-state index in [1.807, 2.05) is 103 Å². The number of aromatic amines is 1. The van der Waals surface area contributed by atoms with Gasteiger partial charge in [0.2, 0.25) is 17.7 Å². The zero-order valence-electron chi connectivity index (χ0n) is 31.7. The van der Waals surface area contributed by atoms with Crippen LogP contribution in [0.2, 0.25) is 0 Å². The predicted octanol–water partition coefficient (Wildman–Crippen LogP) is 4.99. The number of carbonyl (C=O) groups excluding carboxylic acids is 4. The summed E-state index contributed by atoms with van der Waals surface area (Å²) in [5.74, 6) is -1.15. The molecule has 0 spiro atoms. The van der Waals surface area contributed by atoms with Crippen LogP contribution in [-0.2, 0) is 47.9 Å². The number of rotatable bonds is 19. The van der Waals surface area contributed by atoms with Gasteiger partial charge in [0, 0.05) is 43.0 Å². The van der Waals surface area contributed by atoms with E-state index in [1.165, 1.54) is 0 Å². The summed E-state index contributed by atoms with van der Waals surface area (Å²) in [5, 5.41) is 14.4. The Bertz CT molecular complexity index is 2020. The Hall–Kier alpha value is -5.72. The third-order valence-electron chi connectivity index (χ3n) is 8.73. The standard InChI is InChI=1S/C43H51N5O7/c1-43(2,3)55-42(52)45-21-23-54-25-24-53-22-20-44-40(50)38(27-33-29-46-36-19-10-9-18-35(33)36)48-41(51)37(26-30-12-5-4-6-13-30)47-39(49)28-32-16-11-15-31-14-7-8-17-34(31)32/h4-19,29,37-38,46H,20-28H2,1-3H3,(H,44,50)(H,45,52)(H,47,49)(H,48,51). The predicted molar refractivity (Wildman–Crippen MR) is 213 cm³/mol. The molecule has 0 aliphatic heterocycles. The van der Waals surface area contributed by atoms with E-state index in [0.29, 0.717) is 19.8 Å². The largest absolute Gasteiger partial charge is 0.444 e. The summed E-state index contributed by atoms with van der Waals surface area (Å²) < 4.78 is 16.3. The first-order valence-electron chi connectivity index (χ1n) is 18.6. The summed E-state index contributed by atoms with van der Waals surface area (Å²) in [6, 6.07) is 29.0. The van der Waals surface area contributed by atoms with Crippen LogP contribution in [0.3, 0.4) is 0 Å². The normalized spacial score (nSPS) is 12.5. The smallest absolute Gasteiger partial charge is 0.407 e. The molecule has 0 bridgehead atoms. The Morgan fingerprint density at radius 2 is 1.27 bits per heavy atom. The van der Waals surface area contributed by atoms with E-state index in [0.717, 1.165) is 38.4 Å². The third-order valence-corrected chi connectivity index (χ3v) is 8.73. The molecule has 0 fully saturated rings. The summed E-state index contributed by atoms with van der Waals surface area (Å²) in [6.07, 6.45) is 1.89. The number of hydrogen-bond acceptors (Lipinski definition) is 7. The van der Waals surface area contributed by atoms with Gasteiger partial charge in [0.25, 0.3) is 0 Å². The second-order valence-corrected chi connectivity index (χ2v) is 14.2. The molecule has 5 N–H and O–H groups in total. The zero-order valence-corrected chi connectivity index (χ0v) is 31.7. The lowest BCUT2D eigenvalue weighted by Gasteiger charge is -2.23. The fourth-order valence-electron chi connectivity index (χ4n) is 6.16. The number of benzene rings is 4. The maximum atomic E-state index is 14.1. The summed E-state index contributed by atoms with van der Waals surface area (Å²) in [6.45, 7) is 7.00. The highest BCUT2D eigenvalue weighted by molar-refractivity contribution is 5.95. The first-order chi connectivity index (χ1) is 26.6. The molecule has 2 atom stereocenters. The van der Waals surface area contributed by atoms with Crippen LogP contribution in [0, 0.1) is 0 Å². The second-order valence-electron chi connectivity index (χ2n) is 14.2. The lowest BCUT2D eigenvalue weighted by Crippen LogP contribution is -2.55. The van der Waals surface area contributed by atoms with Gasteiger partial charge in [-0.2, -0.15) is 0 Å². The van der Waals surface area contributed by atoms with Crippen LogP contribution >= 0.6 is 0 Å². The van der Waals surface area contributed by atoms with Crippen LogP contribution in [-0.4, -0.2) is 86.0 Å². The van der Waals surface area contributed by atoms with Gasteiger partial charge in [-0.05, 0) is 54.3 Å². The van der Waals surface area contributed by atoms with Crippen molar-refractivity contribution in [2.45, 2.75) is 57.7 Å². The van der Waals surface area contributed by atoms with Gasteiger partial charge in [0.15, 0.2) is 0 Å². The molecule has 0 aliphatic rings. The van der Waals surface area contributed by atoms with Crippen molar-refractivity contribution in [3.63, 3.8) is 0 Å². The Kier molecular flexibility index (Phi) is 14.8. The number of para-hydroxylation sites is 1. The first-order valence-corrected chi connectivity index (χ1v) is 18.6. The fourth-order valence-corrected chi connectivity index (χ4v) is 6.16. The Morgan fingerprint density at radius 1 is 0.636 bits per heavy atom. The van der Waals surface area contributed by atoms with E-state index in [1.54, 1.807) is 20.8 Å². The lowest BCUT2D eigenvalue weighted by atomic mass is 10.0. The van der Waals surface area contributed by atoms with Crippen molar-refractivity contribution >= 4 is 45.5 Å². The van der Waals surface area contributed by atoms with E-state index >= 15 is 0 Å². The fraction of sp³-hybridized carbons (Fsp3) is 0.349. The van der Waals surface area contributed by atoms with E-state index in [9.17, 15) is 19.2 Å². The molecule has 0 aliphatic carbocycles. The summed E-state index contributed by atoms with van der Waals surface area (Å²) >= 11 is 0. The van der Waals surface area contributed by atoms with Gasteiger partial charge in [0.1, 0.15) is 17.7 Å². The number of ether oxygens (including phenoxy) is 3. The summed E-state index contributed by atoms with van der Waals surface area (Å²) in [5.41, 5.74) is 2.94. The number of amides is 4. The van der Waals surface area contributed by atoms with Gasteiger partial charge in [-0.15, -0.1) is 0 Å². The van der Waals surface area contributed by atoms with E-state index < -0.39 is 29.7 Å². The molecule has 4 aromatic carbocycles. The van der Waals surface area contributed by atoms with Crippen LogP contribution in [0.4, 0.5) is 4.79 Å². The van der Waals surface area contributed by atoms with Crippen molar-refractivity contribution in [2.24, 2.45) is 0 Å². The van der Waals surface area contributed by atoms with Crippen LogP contribution in [0.25, 0.3) is 21.7 Å². The second kappa shape index (κ2) is 20.1. The van der Waals surface area contributed by atoms with E-state index in [4.69, 9.17) is 14.2 Å². The van der Waals surface area contributed by atoms with Crippen molar-refractivity contribution in [1.82, 2.24) is 26.3 Å². The number of H-pyrrole nitrogens is 1. The number of nitrogens with one attached hydrogen (secondary N) is 5. The Balaban J connectivity index is 1.19. The monoisotopic (exact) mass is 749 g/mol. The molecule has 5 aromatic rings. The first kappa shape index (κ1) is 40.5. The van der Waals surface area contributed by atoms with Crippen molar-refractivity contribution in [3.05, 3.63) is 120 Å². The zero-order chi connectivity index (χ0) is 39.0. The van der Waals surface area contributed by atoms with Crippen LogP contribution in [0.15, 0.2) is 103 Å². The van der Waals surface area contributed by atoms with Crippen molar-refractivity contribution in [3.8, 4) is 0 Å². The molecule has 0 saturated heterocycles.